The molecule has 0 spiro atoms. The Morgan fingerprint density at radius 2 is 1.77 bits per heavy atom. The normalized spacial score (nSPS) is 23.9. The second kappa shape index (κ2) is 8.51. The van der Waals surface area contributed by atoms with Crippen LogP contribution in [0, 0.1) is 12.8 Å². The van der Waals surface area contributed by atoms with Crippen molar-refractivity contribution in [3.63, 3.8) is 0 Å². The molecule has 4 rings (SSSR count). The Hall–Kier alpha value is -1.58. The summed E-state index contributed by atoms with van der Waals surface area (Å²) in [6.45, 7) is 3.14. The lowest BCUT2D eigenvalue weighted by Crippen LogP contribution is -2.42. The molecule has 1 atom stereocenters. The smallest absolute Gasteiger partial charge is 0.282 e. The third-order valence-corrected chi connectivity index (χ3v) is 8.73. The number of nitrogens with zero attached hydrogens (tertiary/aromatic N) is 5. The maximum Gasteiger partial charge on any atom is 0.282 e. The number of rotatable bonds is 5. The maximum absolute atomic E-state index is 12.8. The van der Waals surface area contributed by atoms with E-state index in [0.29, 0.717) is 49.9 Å². The largest absolute Gasteiger partial charge is 0.296 e. The third kappa shape index (κ3) is 3.99. The van der Waals surface area contributed by atoms with Crippen molar-refractivity contribution in [3.8, 4) is 0 Å². The van der Waals surface area contributed by atoms with Crippen LogP contribution in [0.3, 0.4) is 0 Å². The fourth-order valence-electron chi connectivity index (χ4n) is 5.05. The Morgan fingerprint density at radius 1 is 1.03 bits per heavy atom. The average molecular weight is 436 g/mol. The number of fused-ring (bicyclic) bond motifs is 1. The molecule has 1 aliphatic carbocycles. The molecule has 0 N–H and O–H groups in total. The van der Waals surface area contributed by atoms with Gasteiger partial charge in [-0.15, -0.1) is 0 Å². The van der Waals surface area contributed by atoms with Crippen LogP contribution in [0.25, 0.3) is 0 Å². The highest BCUT2D eigenvalue weighted by molar-refractivity contribution is 7.86. The number of anilines is 1. The van der Waals surface area contributed by atoms with Gasteiger partial charge in [0.25, 0.3) is 10.2 Å². The van der Waals surface area contributed by atoms with Gasteiger partial charge < -0.3 is 0 Å². The van der Waals surface area contributed by atoms with Crippen molar-refractivity contribution < 1.29 is 13.2 Å². The van der Waals surface area contributed by atoms with Crippen LogP contribution in [-0.2, 0) is 21.4 Å². The predicted octanol–water partition coefficient (Wildman–Crippen LogP) is 2.59. The van der Waals surface area contributed by atoms with Crippen molar-refractivity contribution in [2.24, 2.45) is 5.92 Å². The van der Waals surface area contributed by atoms with E-state index in [4.69, 9.17) is 9.97 Å². The van der Waals surface area contributed by atoms with Crippen molar-refractivity contribution in [1.82, 2.24) is 18.6 Å². The van der Waals surface area contributed by atoms with Crippen LogP contribution in [0.4, 0.5) is 5.82 Å². The molecule has 0 radical (unpaired) electrons. The van der Waals surface area contributed by atoms with Gasteiger partial charge in [-0.25, -0.2) is 9.97 Å². The molecular formula is C21H33N5O3S. The van der Waals surface area contributed by atoms with Crippen LogP contribution in [0.1, 0.15) is 74.5 Å². The summed E-state index contributed by atoms with van der Waals surface area (Å²) in [4.78, 5) is 24.3. The zero-order chi connectivity index (χ0) is 21.5. The summed E-state index contributed by atoms with van der Waals surface area (Å²) in [5, 5.41) is 0. The fraction of sp³-hybridized carbons (Fsp3) is 0.762. The van der Waals surface area contributed by atoms with Crippen LogP contribution in [-0.4, -0.2) is 60.1 Å². The summed E-state index contributed by atoms with van der Waals surface area (Å²) < 4.78 is 28.4. The number of hydrogen-bond acceptors (Lipinski definition) is 5. The fourth-order valence-corrected chi connectivity index (χ4v) is 6.35. The Kier molecular flexibility index (Phi) is 6.14. The Labute approximate surface area is 179 Å². The van der Waals surface area contributed by atoms with E-state index in [1.54, 1.807) is 14.1 Å². The van der Waals surface area contributed by atoms with Crippen molar-refractivity contribution in [2.75, 3.05) is 32.1 Å². The van der Waals surface area contributed by atoms with E-state index in [-0.39, 0.29) is 11.9 Å². The van der Waals surface area contributed by atoms with Crippen molar-refractivity contribution in [2.45, 2.75) is 70.8 Å². The molecule has 3 heterocycles. The maximum atomic E-state index is 12.8. The number of hydrogen-bond donors (Lipinski definition) is 0. The minimum atomic E-state index is -3.55. The summed E-state index contributed by atoms with van der Waals surface area (Å²) in [7, 11) is -0.449. The quantitative estimate of drug-likeness (QED) is 0.709. The lowest BCUT2D eigenvalue weighted by Gasteiger charge is -2.34. The Bertz CT molecular complexity index is 911. The minimum absolute atomic E-state index is 0.126. The number of amides is 1. The molecule has 9 heteroatoms. The van der Waals surface area contributed by atoms with E-state index in [0.717, 1.165) is 30.5 Å². The molecule has 3 aliphatic rings. The molecule has 1 amide bonds. The van der Waals surface area contributed by atoms with E-state index in [2.05, 4.69) is 0 Å². The van der Waals surface area contributed by atoms with Gasteiger partial charge in [0.05, 0.1) is 6.04 Å². The van der Waals surface area contributed by atoms with Crippen LogP contribution in [0.2, 0.25) is 0 Å². The van der Waals surface area contributed by atoms with E-state index in [1.807, 2.05) is 11.8 Å². The van der Waals surface area contributed by atoms with Gasteiger partial charge in [-0.2, -0.15) is 17.0 Å². The van der Waals surface area contributed by atoms with E-state index in [9.17, 15) is 13.2 Å². The molecule has 1 aromatic rings. The van der Waals surface area contributed by atoms with Crippen molar-refractivity contribution in [1.29, 1.82) is 0 Å². The molecule has 1 saturated carbocycles. The first-order valence-corrected chi connectivity index (χ1v) is 12.6. The van der Waals surface area contributed by atoms with Gasteiger partial charge in [0.15, 0.2) is 0 Å². The zero-order valence-corrected chi connectivity index (χ0v) is 19.1. The summed E-state index contributed by atoms with van der Waals surface area (Å²) >= 11 is 0. The molecule has 1 saturated heterocycles. The second-order valence-corrected chi connectivity index (χ2v) is 11.1. The lowest BCUT2D eigenvalue weighted by atomic mass is 9.88. The lowest BCUT2D eigenvalue weighted by molar-refractivity contribution is -0.119. The van der Waals surface area contributed by atoms with Gasteiger partial charge in [-0.05, 0) is 44.9 Å². The van der Waals surface area contributed by atoms with Crippen molar-refractivity contribution >= 4 is 21.9 Å². The van der Waals surface area contributed by atoms with Gasteiger partial charge in [0, 0.05) is 44.9 Å². The van der Waals surface area contributed by atoms with E-state index < -0.39 is 10.2 Å². The molecule has 2 fully saturated rings. The first-order chi connectivity index (χ1) is 14.3. The van der Waals surface area contributed by atoms with E-state index >= 15 is 0 Å². The molecule has 8 nitrogen and oxygen atoms in total. The highest BCUT2D eigenvalue weighted by atomic mass is 32.2. The minimum Gasteiger partial charge on any atom is -0.296 e. The third-order valence-electron chi connectivity index (χ3n) is 6.78. The molecule has 1 aromatic heterocycles. The van der Waals surface area contributed by atoms with Gasteiger partial charge in [0.1, 0.15) is 11.6 Å². The first kappa shape index (κ1) is 21.6. The molecule has 0 unspecified atom stereocenters. The average Bonchev–Trinajstić information content (AvgIpc) is 3.21. The van der Waals surface area contributed by atoms with Crippen LogP contribution in [0.15, 0.2) is 0 Å². The number of aromatic nitrogens is 2. The molecule has 30 heavy (non-hydrogen) atoms. The molecule has 166 valence electrons. The van der Waals surface area contributed by atoms with Gasteiger partial charge in [-0.3, -0.25) is 9.69 Å². The summed E-state index contributed by atoms with van der Waals surface area (Å²) in [6.07, 6.45) is 8.69. The number of carbonyl (C=O) groups excluding carboxylic acids is 1. The topological polar surface area (TPSA) is 86.7 Å². The van der Waals surface area contributed by atoms with E-state index in [1.165, 1.54) is 27.9 Å². The molecule has 2 aliphatic heterocycles. The summed E-state index contributed by atoms with van der Waals surface area (Å²) in [6, 6.07) is -0.380. The standard InChI is InChI=1S/C21H33N5O3S/c1-15-17-11-12-19(27)25(14-16-8-5-4-6-9-16)21(17)23-20(22-15)18-10-7-13-26(18)30(28,29)24(2)3/h16,18H,4-14H2,1-3H3/t18-/m1/s1. The van der Waals surface area contributed by atoms with Crippen LogP contribution in [0.5, 0.6) is 0 Å². The molecular weight excluding hydrogens is 402 g/mol. The van der Waals surface area contributed by atoms with Gasteiger partial charge in [0.2, 0.25) is 5.91 Å². The highest BCUT2D eigenvalue weighted by Gasteiger charge is 2.39. The monoisotopic (exact) mass is 435 g/mol. The SMILES string of the molecule is Cc1nc([C@H]2CCCN2S(=O)(=O)N(C)C)nc2c1CCC(=O)N2CC1CCCCC1. The van der Waals surface area contributed by atoms with Crippen LogP contribution < -0.4 is 4.90 Å². The summed E-state index contributed by atoms with van der Waals surface area (Å²) in [5.74, 6) is 1.89. The van der Waals surface area contributed by atoms with Gasteiger partial charge in [-0.1, -0.05) is 19.3 Å². The number of carbonyl (C=O) groups is 1. The molecule has 0 bridgehead atoms. The summed E-state index contributed by atoms with van der Waals surface area (Å²) in [5.41, 5.74) is 1.90. The number of aryl methyl sites for hydroxylation is 1. The van der Waals surface area contributed by atoms with Gasteiger partial charge >= 0.3 is 0 Å². The zero-order valence-electron chi connectivity index (χ0n) is 18.3. The Morgan fingerprint density at radius 3 is 2.47 bits per heavy atom. The molecule has 0 aromatic carbocycles. The van der Waals surface area contributed by atoms with Crippen LogP contribution >= 0.6 is 0 Å². The van der Waals surface area contributed by atoms with Crippen molar-refractivity contribution in [3.05, 3.63) is 17.1 Å². The first-order valence-electron chi connectivity index (χ1n) is 11.2. The predicted molar refractivity (Wildman–Crippen MR) is 115 cm³/mol. The highest BCUT2D eigenvalue weighted by Crippen LogP contribution is 2.37. The second-order valence-electron chi connectivity index (χ2n) is 9.04. The Balaban J connectivity index is 1.69.